The maximum absolute atomic E-state index is 14.6. The summed E-state index contributed by atoms with van der Waals surface area (Å²) in [7, 11) is -6.02. The molecule has 8 aromatic heterocycles. The average molecular weight is 1280 g/mol. The van der Waals surface area contributed by atoms with Crippen molar-refractivity contribution in [3.63, 3.8) is 0 Å². The van der Waals surface area contributed by atoms with Crippen LogP contribution in [0.4, 0.5) is 11.9 Å². The number of aliphatic hydroxyl groups is 2. The van der Waals surface area contributed by atoms with Gasteiger partial charge in [-0.05, 0) is 113 Å². The van der Waals surface area contributed by atoms with Gasteiger partial charge in [-0.15, -0.1) is 20.4 Å². The second kappa shape index (κ2) is 25.8. The second-order valence-corrected chi connectivity index (χ2v) is 39.3. The summed E-state index contributed by atoms with van der Waals surface area (Å²) in [6.07, 6.45) is 4.02. The molecule has 28 heteroatoms. The van der Waals surface area contributed by atoms with Gasteiger partial charge in [-0.2, -0.15) is 0 Å². The number of nitrogens with zero attached hydrogens (tertiary/aromatic N) is 12. The van der Waals surface area contributed by atoms with Gasteiger partial charge in [0.1, 0.15) is 79.9 Å². The van der Waals surface area contributed by atoms with E-state index in [0.717, 1.165) is 0 Å². The van der Waals surface area contributed by atoms with Crippen molar-refractivity contribution >= 4 is 59.4 Å². The Morgan fingerprint density at radius 1 is 0.511 bits per heavy atom. The fourth-order valence-electron chi connectivity index (χ4n) is 9.78. The van der Waals surface area contributed by atoms with Crippen LogP contribution in [0.5, 0.6) is 23.0 Å². The monoisotopic (exact) mass is 1280 g/mol. The zero-order valence-corrected chi connectivity index (χ0v) is 55.5. The van der Waals surface area contributed by atoms with Crippen molar-refractivity contribution in [2.45, 2.75) is 102 Å². The fourth-order valence-corrected chi connectivity index (χ4v) is 15.0. The fraction of sp³-hybridized carbons (Fsp3) is 0.367. The van der Waals surface area contributed by atoms with E-state index in [2.05, 4.69) is 69.6 Å². The van der Waals surface area contributed by atoms with Crippen LogP contribution < -0.4 is 27.6 Å². The van der Waals surface area contributed by atoms with Gasteiger partial charge in [0.2, 0.25) is 43.6 Å². The molecule has 0 saturated carbocycles. The Balaban J connectivity index is 0.000000209. The molecule has 2 aromatic carbocycles. The standard InChI is InChI=1S/2C30H38N6O6SSi/c2*1-20-14-15-25(42-20)29-32-33-30(36(29)27-23(40-3)11-10-12-24(27)41-4)35(17-18-44(5,6)7)43(38,39)21(2)28(37)22-19-34-16-9-8-13-26(34)31-22/h2*8-16,19,21,28,37H,17-18H2,1-7H3/t2*21-,28-/m10/s1. The number of rotatable bonds is 24. The number of benzene rings is 2. The Hall–Kier alpha value is -8.29. The maximum atomic E-state index is 14.6. The molecule has 0 unspecified atom stereocenters. The maximum Gasteiger partial charge on any atom is 0.246 e. The number of anilines is 2. The van der Waals surface area contributed by atoms with E-state index >= 15 is 0 Å². The van der Waals surface area contributed by atoms with E-state index < -0.39 is 58.9 Å². The van der Waals surface area contributed by atoms with Crippen LogP contribution >= 0.6 is 0 Å². The number of aromatic nitrogens is 10. The van der Waals surface area contributed by atoms with E-state index in [0.29, 0.717) is 80.8 Å². The Morgan fingerprint density at radius 2 is 0.864 bits per heavy atom. The van der Waals surface area contributed by atoms with Crippen LogP contribution in [0.15, 0.2) is 131 Å². The van der Waals surface area contributed by atoms with E-state index in [-0.39, 0.29) is 48.0 Å². The van der Waals surface area contributed by atoms with Crippen molar-refractivity contribution in [2.24, 2.45) is 0 Å². The van der Waals surface area contributed by atoms with Crippen LogP contribution in [0.2, 0.25) is 51.4 Å². The molecule has 10 rings (SSSR count). The number of fused-ring (bicyclic) bond motifs is 2. The lowest BCUT2D eigenvalue weighted by atomic mass is 10.2. The Kier molecular flexibility index (Phi) is 18.8. The summed E-state index contributed by atoms with van der Waals surface area (Å²) >= 11 is 0. The highest BCUT2D eigenvalue weighted by Crippen LogP contribution is 2.43. The summed E-state index contributed by atoms with van der Waals surface area (Å²) in [5.74, 6) is 4.27. The number of aliphatic hydroxyl groups excluding tert-OH is 2. The van der Waals surface area contributed by atoms with E-state index in [1.807, 2.05) is 38.1 Å². The van der Waals surface area contributed by atoms with Gasteiger partial charge in [-0.3, -0.25) is 9.13 Å². The van der Waals surface area contributed by atoms with Crippen LogP contribution in [0, 0.1) is 13.8 Å². The van der Waals surface area contributed by atoms with Crippen molar-refractivity contribution in [3.8, 4) is 57.5 Å². The zero-order valence-electron chi connectivity index (χ0n) is 51.8. The number of ether oxygens (including phenoxy) is 4. The molecule has 8 heterocycles. The molecule has 4 atom stereocenters. The minimum absolute atomic E-state index is 0.0177. The molecular weight excluding hydrogens is 1200 g/mol. The second-order valence-electron chi connectivity index (χ2n) is 23.6. The highest BCUT2D eigenvalue weighted by atomic mass is 32.2. The number of imidazole rings is 2. The minimum atomic E-state index is -4.27. The normalized spacial score (nSPS) is 13.6. The van der Waals surface area contributed by atoms with E-state index in [1.54, 1.807) is 116 Å². The highest BCUT2D eigenvalue weighted by Gasteiger charge is 2.42. The topological polar surface area (TPSA) is 274 Å². The summed E-state index contributed by atoms with van der Waals surface area (Å²) in [6, 6.07) is 29.7. The number of aryl methyl sites for hydroxylation is 2. The first-order valence-electron chi connectivity index (χ1n) is 28.4. The van der Waals surface area contributed by atoms with Gasteiger partial charge in [-0.25, -0.2) is 35.4 Å². The SMILES string of the molecule is COc1cccc(OC)c1-n1c(-c2ccc(C)o2)nnc1N(CC[Si](C)(C)C)S(=O)(=O)[C@@H](C)[C@H](O)c1cn2ccccc2n1.COc1cccc(OC)c1-n1c(-c2ccc(C)o2)nnc1N(CC[Si](C)(C)C)S(=O)(=O)[C@H](C)[C@@H](O)c1cn2ccccc2n1. The number of furan rings is 2. The molecule has 0 aliphatic rings. The van der Waals surface area contributed by atoms with E-state index in [4.69, 9.17) is 27.8 Å². The van der Waals surface area contributed by atoms with Gasteiger partial charge in [0, 0.05) is 54.0 Å². The lowest BCUT2D eigenvalue weighted by Crippen LogP contribution is -2.44. The third kappa shape index (κ3) is 13.3. The first-order valence-corrected chi connectivity index (χ1v) is 38.9. The van der Waals surface area contributed by atoms with Crippen molar-refractivity contribution in [3.05, 3.63) is 145 Å². The van der Waals surface area contributed by atoms with Gasteiger partial charge in [0.15, 0.2) is 11.5 Å². The summed E-state index contributed by atoms with van der Waals surface area (Å²) in [5, 5.41) is 38.0. The average Bonchev–Trinajstić information content (AvgIpc) is 1.95. The Morgan fingerprint density at radius 3 is 1.16 bits per heavy atom. The summed E-state index contributed by atoms with van der Waals surface area (Å²) in [4.78, 5) is 8.96. The molecule has 468 valence electrons. The molecule has 88 heavy (non-hydrogen) atoms. The molecule has 0 aliphatic carbocycles. The Bertz CT molecular complexity index is 3910. The number of methoxy groups -OCH3 is 4. The third-order valence-electron chi connectivity index (χ3n) is 14.9. The largest absolute Gasteiger partial charge is 0.494 e. The van der Waals surface area contributed by atoms with Crippen molar-refractivity contribution in [1.29, 1.82) is 0 Å². The number of hydrogen-bond donors (Lipinski definition) is 2. The molecule has 0 aliphatic heterocycles. The molecular formula is C60H76N12O12S2Si2. The molecule has 0 bridgehead atoms. The van der Waals surface area contributed by atoms with Crippen LogP contribution in [-0.2, 0) is 20.0 Å². The molecule has 10 aromatic rings. The summed E-state index contributed by atoms with van der Waals surface area (Å²) < 4.78 is 102. The zero-order chi connectivity index (χ0) is 63.6. The molecule has 0 amide bonds. The number of hydrogen-bond acceptors (Lipinski definition) is 18. The van der Waals surface area contributed by atoms with Crippen molar-refractivity contribution < 1.29 is 54.8 Å². The van der Waals surface area contributed by atoms with Gasteiger partial charge >= 0.3 is 0 Å². The molecule has 0 spiro atoms. The molecule has 0 fully saturated rings. The quantitative estimate of drug-likeness (QED) is 0.0532. The summed E-state index contributed by atoms with van der Waals surface area (Å²) in [6.45, 7) is 19.8. The number of para-hydroxylation sites is 2. The van der Waals surface area contributed by atoms with Crippen LogP contribution in [-0.4, -0.2) is 144 Å². The van der Waals surface area contributed by atoms with Crippen LogP contribution in [0.3, 0.4) is 0 Å². The van der Waals surface area contributed by atoms with Crippen molar-refractivity contribution in [2.75, 3.05) is 50.1 Å². The smallest absolute Gasteiger partial charge is 0.246 e. The number of pyridine rings is 2. The number of sulfonamides is 2. The first kappa shape index (κ1) is 64.2. The van der Waals surface area contributed by atoms with Gasteiger partial charge in [-0.1, -0.05) is 63.5 Å². The predicted molar refractivity (Wildman–Crippen MR) is 342 cm³/mol. The molecule has 0 saturated heterocycles. The first-order chi connectivity index (χ1) is 41.7. The molecule has 24 nitrogen and oxygen atoms in total. The van der Waals surface area contributed by atoms with Crippen LogP contribution in [0.1, 0.15) is 49.0 Å². The Labute approximate surface area is 514 Å². The third-order valence-corrected chi connectivity index (χ3v) is 22.6. The van der Waals surface area contributed by atoms with Crippen molar-refractivity contribution in [1.82, 2.24) is 48.3 Å². The molecule has 2 N–H and O–H groups in total. The van der Waals surface area contributed by atoms with E-state index in [1.165, 1.54) is 50.9 Å². The van der Waals surface area contributed by atoms with Gasteiger partial charge in [0.05, 0.1) is 39.8 Å². The lowest BCUT2D eigenvalue weighted by Gasteiger charge is -2.30. The predicted octanol–water partition coefficient (Wildman–Crippen LogP) is 10.2. The van der Waals surface area contributed by atoms with Crippen LogP contribution in [0.25, 0.3) is 45.8 Å². The molecule has 0 radical (unpaired) electrons. The lowest BCUT2D eigenvalue weighted by molar-refractivity contribution is 0.171. The highest BCUT2D eigenvalue weighted by molar-refractivity contribution is 7.93. The summed E-state index contributed by atoms with van der Waals surface area (Å²) in [5.41, 5.74) is 2.51. The van der Waals surface area contributed by atoms with E-state index in [9.17, 15) is 27.0 Å². The minimum Gasteiger partial charge on any atom is -0.494 e. The van der Waals surface area contributed by atoms with Gasteiger partial charge in [0.25, 0.3) is 0 Å². The van der Waals surface area contributed by atoms with Gasteiger partial charge < -0.3 is 46.8 Å².